The lowest BCUT2D eigenvalue weighted by atomic mass is 10.0. The Labute approximate surface area is 182 Å². The Bertz CT molecular complexity index is 956. The summed E-state index contributed by atoms with van der Waals surface area (Å²) in [5.41, 5.74) is 2.29. The zero-order chi connectivity index (χ0) is 22.4. The van der Waals surface area contributed by atoms with E-state index in [1.54, 1.807) is 43.0 Å². The number of benzene rings is 2. The maximum atomic E-state index is 12.7. The van der Waals surface area contributed by atoms with Gasteiger partial charge in [-0.25, -0.2) is 4.79 Å². The van der Waals surface area contributed by atoms with Crippen LogP contribution in [0.4, 0.5) is 5.69 Å². The summed E-state index contributed by atoms with van der Waals surface area (Å²) in [6, 6.07) is 13.6. The fourth-order valence-electron chi connectivity index (χ4n) is 3.64. The molecule has 1 heterocycles. The molecule has 0 saturated heterocycles. The largest absolute Gasteiger partial charge is 0.496 e. The first-order valence-corrected chi connectivity index (χ1v) is 10.4. The molecule has 0 radical (unpaired) electrons. The van der Waals surface area contributed by atoms with Crippen LogP contribution in [0, 0.1) is 5.92 Å². The van der Waals surface area contributed by atoms with Gasteiger partial charge in [0.05, 0.1) is 12.7 Å². The van der Waals surface area contributed by atoms with Gasteiger partial charge in [-0.3, -0.25) is 9.59 Å². The van der Waals surface area contributed by atoms with E-state index < -0.39 is 17.9 Å². The highest BCUT2D eigenvalue weighted by atomic mass is 16.5. The minimum Gasteiger partial charge on any atom is -0.496 e. The Kier molecular flexibility index (Phi) is 7.28. The lowest BCUT2D eigenvalue weighted by molar-refractivity contribution is -0.150. The molecular formula is C24H28N2O5. The number of rotatable bonds is 7. The van der Waals surface area contributed by atoms with E-state index in [4.69, 9.17) is 9.47 Å². The molecule has 0 aromatic heterocycles. The van der Waals surface area contributed by atoms with Gasteiger partial charge in [0, 0.05) is 12.2 Å². The van der Waals surface area contributed by atoms with Crippen molar-refractivity contribution in [3.8, 4) is 5.75 Å². The SMILES string of the molecule is COc1ccccc1C(=O)N[C@H](C(=O)OCC(=O)N1CCCc2ccccc21)C(C)C. The first kappa shape index (κ1) is 22.3. The van der Waals surface area contributed by atoms with Gasteiger partial charge in [-0.15, -0.1) is 0 Å². The summed E-state index contributed by atoms with van der Waals surface area (Å²) in [6.07, 6.45) is 1.78. The predicted molar refractivity (Wildman–Crippen MR) is 117 cm³/mol. The summed E-state index contributed by atoms with van der Waals surface area (Å²) < 4.78 is 10.5. The summed E-state index contributed by atoms with van der Waals surface area (Å²) in [6.45, 7) is 3.82. The van der Waals surface area contributed by atoms with Crippen molar-refractivity contribution in [2.45, 2.75) is 32.7 Å². The second-order valence-corrected chi connectivity index (χ2v) is 7.78. The molecule has 3 rings (SSSR count). The van der Waals surface area contributed by atoms with Crippen molar-refractivity contribution in [2.24, 2.45) is 5.92 Å². The van der Waals surface area contributed by atoms with Crippen LogP contribution in [0.1, 0.15) is 36.2 Å². The quantitative estimate of drug-likeness (QED) is 0.691. The molecule has 0 bridgehead atoms. The molecule has 31 heavy (non-hydrogen) atoms. The minimum absolute atomic E-state index is 0.225. The lowest BCUT2D eigenvalue weighted by Gasteiger charge is -2.29. The number of ether oxygens (including phenoxy) is 2. The molecule has 7 heteroatoms. The molecule has 1 aliphatic heterocycles. The number of para-hydroxylation sites is 2. The summed E-state index contributed by atoms with van der Waals surface area (Å²) in [4.78, 5) is 39.8. The van der Waals surface area contributed by atoms with Gasteiger partial charge < -0.3 is 19.7 Å². The van der Waals surface area contributed by atoms with Crippen molar-refractivity contribution in [1.82, 2.24) is 5.32 Å². The van der Waals surface area contributed by atoms with Crippen molar-refractivity contribution >= 4 is 23.5 Å². The van der Waals surface area contributed by atoms with Crippen LogP contribution in [0.2, 0.25) is 0 Å². The molecule has 2 aromatic carbocycles. The molecular weight excluding hydrogens is 396 g/mol. The zero-order valence-corrected chi connectivity index (χ0v) is 18.1. The van der Waals surface area contributed by atoms with E-state index in [0.29, 0.717) is 17.9 Å². The third kappa shape index (κ3) is 5.23. The second-order valence-electron chi connectivity index (χ2n) is 7.78. The van der Waals surface area contributed by atoms with Gasteiger partial charge in [-0.05, 0) is 42.5 Å². The number of hydrogen-bond acceptors (Lipinski definition) is 5. The van der Waals surface area contributed by atoms with Crippen LogP contribution < -0.4 is 15.0 Å². The molecule has 0 aliphatic carbocycles. The van der Waals surface area contributed by atoms with Crippen LogP contribution >= 0.6 is 0 Å². The van der Waals surface area contributed by atoms with E-state index in [2.05, 4.69) is 5.32 Å². The summed E-state index contributed by atoms with van der Waals surface area (Å²) >= 11 is 0. The number of carbonyl (C=O) groups excluding carboxylic acids is 3. The number of amides is 2. The van der Waals surface area contributed by atoms with E-state index in [0.717, 1.165) is 24.1 Å². The second kappa shape index (κ2) is 10.1. The van der Waals surface area contributed by atoms with Crippen LogP contribution in [-0.2, 0) is 20.7 Å². The zero-order valence-electron chi connectivity index (χ0n) is 18.1. The molecule has 0 saturated carbocycles. The Morgan fingerprint density at radius 2 is 1.77 bits per heavy atom. The highest BCUT2D eigenvalue weighted by Gasteiger charge is 2.29. The normalized spacial score (nSPS) is 13.9. The number of nitrogens with zero attached hydrogens (tertiary/aromatic N) is 1. The lowest BCUT2D eigenvalue weighted by Crippen LogP contribution is -2.46. The highest BCUT2D eigenvalue weighted by molar-refractivity contribution is 6.00. The average Bonchev–Trinajstić information content (AvgIpc) is 2.79. The first-order valence-electron chi connectivity index (χ1n) is 10.4. The molecule has 2 amide bonds. The minimum atomic E-state index is -0.890. The summed E-state index contributed by atoms with van der Waals surface area (Å²) in [5.74, 6) is -1.17. The van der Waals surface area contributed by atoms with E-state index >= 15 is 0 Å². The van der Waals surface area contributed by atoms with Crippen LogP contribution in [0.5, 0.6) is 5.75 Å². The van der Waals surface area contributed by atoms with Gasteiger partial charge >= 0.3 is 5.97 Å². The van der Waals surface area contributed by atoms with E-state index in [9.17, 15) is 14.4 Å². The molecule has 7 nitrogen and oxygen atoms in total. The van der Waals surface area contributed by atoms with Crippen molar-refractivity contribution in [1.29, 1.82) is 0 Å². The topological polar surface area (TPSA) is 84.9 Å². The predicted octanol–water partition coefficient (Wildman–Crippen LogP) is 2.97. The Hall–Kier alpha value is -3.35. The number of hydrogen-bond donors (Lipinski definition) is 1. The number of fused-ring (bicyclic) bond motifs is 1. The molecule has 1 N–H and O–H groups in total. The van der Waals surface area contributed by atoms with Crippen molar-refractivity contribution in [3.05, 3.63) is 59.7 Å². The molecule has 0 spiro atoms. The number of esters is 1. The standard InChI is InChI=1S/C24H28N2O5/c1-16(2)22(25-23(28)18-11-5-7-13-20(18)30-3)24(29)31-15-21(27)26-14-8-10-17-9-4-6-12-19(17)26/h4-7,9,11-13,16,22H,8,10,14-15H2,1-3H3,(H,25,28)/t22-/m0/s1. The van der Waals surface area contributed by atoms with E-state index in [-0.39, 0.29) is 18.4 Å². The maximum Gasteiger partial charge on any atom is 0.329 e. The summed E-state index contributed by atoms with van der Waals surface area (Å²) in [7, 11) is 1.48. The van der Waals surface area contributed by atoms with Gasteiger partial charge in [-0.1, -0.05) is 44.2 Å². The first-order chi connectivity index (χ1) is 14.9. The highest BCUT2D eigenvalue weighted by Crippen LogP contribution is 2.26. The Balaban J connectivity index is 1.64. The van der Waals surface area contributed by atoms with Crippen LogP contribution in [-0.4, -0.2) is 44.1 Å². The Morgan fingerprint density at radius 1 is 1.06 bits per heavy atom. The molecule has 164 valence electrons. The molecule has 0 unspecified atom stereocenters. The smallest absolute Gasteiger partial charge is 0.329 e. The number of carbonyl (C=O) groups is 3. The van der Waals surface area contributed by atoms with Crippen molar-refractivity contribution < 1.29 is 23.9 Å². The van der Waals surface area contributed by atoms with Crippen molar-refractivity contribution in [3.63, 3.8) is 0 Å². The third-order valence-electron chi connectivity index (χ3n) is 5.31. The number of nitrogens with one attached hydrogen (secondary N) is 1. The van der Waals surface area contributed by atoms with Gasteiger partial charge in [-0.2, -0.15) is 0 Å². The maximum absolute atomic E-state index is 12.7. The van der Waals surface area contributed by atoms with E-state index in [1.807, 2.05) is 24.3 Å². The van der Waals surface area contributed by atoms with Crippen LogP contribution in [0.3, 0.4) is 0 Å². The van der Waals surface area contributed by atoms with Gasteiger partial charge in [0.25, 0.3) is 11.8 Å². The summed E-state index contributed by atoms with van der Waals surface area (Å²) in [5, 5.41) is 2.71. The van der Waals surface area contributed by atoms with Crippen LogP contribution in [0.25, 0.3) is 0 Å². The molecule has 2 aromatic rings. The van der Waals surface area contributed by atoms with Gasteiger partial charge in [0.15, 0.2) is 6.61 Å². The number of anilines is 1. The van der Waals surface area contributed by atoms with Crippen LogP contribution in [0.15, 0.2) is 48.5 Å². The molecule has 1 atom stereocenters. The fraction of sp³-hybridized carbons (Fsp3) is 0.375. The fourth-order valence-corrected chi connectivity index (χ4v) is 3.64. The monoisotopic (exact) mass is 424 g/mol. The Morgan fingerprint density at radius 3 is 2.52 bits per heavy atom. The average molecular weight is 424 g/mol. The third-order valence-corrected chi connectivity index (χ3v) is 5.31. The van der Waals surface area contributed by atoms with E-state index in [1.165, 1.54) is 7.11 Å². The number of aryl methyl sites for hydroxylation is 1. The number of methoxy groups -OCH3 is 1. The molecule has 0 fully saturated rings. The van der Waals surface area contributed by atoms with Gasteiger partial charge in [0.2, 0.25) is 0 Å². The van der Waals surface area contributed by atoms with Gasteiger partial charge in [0.1, 0.15) is 11.8 Å². The van der Waals surface area contributed by atoms with Crippen molar-refractivity contribution in [2.75, 3.05) is 25.2 Å². The molecule has 1 aliphatic rings.